The molecule has 5 nitrogen and oxygen atoms in total. The van der Waals surface area contributed by atoms with Crippen molar-refractivity contribution in [3.63, 3.8) is 0 Å². The molecule has 2 aromatic rings. The van der Waals surface area contributed by atoms with Gasteiger partial charge in [-0.25, -0.2) is 4.98 Å². The number of aromatic nitrogens is 2. The normalized spacial score (nSPS) is 20.9. The average molecular weight is 353 g/mol. The second kappa shape index (κ2) is 6.51. The summed E-state index contributed by atoms with van der Waals surface area (Å²) in [4.78, 5) is 21.7. The third-order valence-corrected chi connectivity index (χ3v) is 4.48. The van der Waals surface area contributed by atoms with E-state index in [1.54, 1.807) is 24.4 Å². The molecule has 1 fully saturated rings. The Morgan fingerprint density at radius 3 is 2.72 bits per heavy atom. The van der Waals surface area contributed by atoms with Crippen LogP contribution in [0.15, 0.2) is 30.6 Å². The zero-order chi connectivity index (χ0) is 18.2. The lowest BCUT2D eigenvalue weighted by Crippen LogP contribution is -2.33. The van der Waals surface area contributed by atoms with Crippen LogP contribution in [0.3, 0.4) is 0 Å². The molecular weight excluding hydrogens is 335 g/mol. The standard InChI is InChI=1S/C17H18F3N3O2/c1-10-7-11(17(18,19)20)3-4-13(10)16(24)23-9-12(25-2)8-14(23)15-21-5-6-22-15/h3-7,12,14H,8-9H2,1-2H3,(H,21,22)/t12-,14?/m1/s1. The number of rotatable bonds is 3. The molecule has 25 heavy (non-hydrogen) atoms. The van der Waals surface area contributed by atoms with Crippen LogP contribution in [0.2, 0.25) is 0 Å². The first-order valence-electron chi connectivity index (χ1n) is 7.82. The van der Waals surface area contributed by atoms with E-state index in [1.807, 2.05) is 0 Å². The van der Waals surface area contributed by atoms with Gasteiger partial charge in [-0.15, -0.1) is 0 Å². The van der Waals surface area contributed by atoms with Gasteiger partial charge in [0.2, 0.25) is 0 Å². The van der Waals surface area contributed by atoms with Crippen LogP contribution in [0, 0.1) is 6.92 Å². The largest absolute Gasteiger partial charge is 0.416 e. The molecule has 0 radical (unpaired) electrons. The lowest BCUT2D eigenvalue weighted by Gasteiger charge is -2.24. The fourth-order valence-corrected chi connectivity index (χ4v) is 3.15. The molecule has 2 heterocycles. The number of carbonyl (C=O) groups is 1. The molecular formula is C17H18F3N3O2. The van der Waals surface area contributed by atoms with Gasteiger partial charge in [0.1, 0.15) is 5.82 Å². The number of methoxy groups -OCH3 is 1. The second-order valence-electron chi connectivity index (χ2n) is 6.07. The van der Waals surface area contributed by atoms with Crippen molar-refractivity contribution >= 4 is 5.91 Å². The maximum Gasteiger partial charge on any atom is 0.416 e. The first-order chi connectivity index (χ1) is 11.8. The number of imidazole rings is 1. The summed E-state index contributed by atoms with van der Waals surface area (Å²) in [6.07, 6.45) is -0.732. The van der Waals surface area contributed by atoms with Gasteiger partial charge in [0.05, 0.1) is 17.7 Å². The third-order valence-electron chi connectivity index (χ3n) is 4.48. The van der Waals surface area contributed by atoms with Gasteiger partial charge in [-0.2, -0.15) is 13.2 Å². The van der Waals surface area contributed by atoms with Gasteiger partial charge in [0.25, 0.3) is 5.91 Å². The van der Waals surface area contributed by atoms with Crippen molar-refractivity contribution in [2.75, 3.05) is 13.7 Å². The summed E-state index contributed by atoms with van der Waals surface area (Å²) < 4.78 is 43.8. The number of hydrogen-bond acceptors (Lipinski definition) is 3. The second-order valence-corrected chi connectivity index (χ2v) is 6.07. The van der Waals surface area contributed by atoms with E-state index in [1.165, 1.54) is 13.0 Å². The molecule has 1 amide bonds. The van der Waals surface area contributed by atoms with Crippen molar-refractivity contribution in [1.29, 1.82) is 0 Å². The van der Waals surface area contributed by atoms with E-state index in [4.69, 9.17) is 4.74 Å². The summed E-state index contributed by atoms with van der Waals surface area (Å²) in [7, 11) is 1.57. The molecule has 1 aromatic heterocycles. The number of nitrogens with one attached hydrogen (secondary N) is 1. The maximum absolute atomic E-state index is 12.9. The topological polar surface area (TPSA) is 58.2 Å². The van der Waals surface area contributed by atoms with E-state index in [-0.39, 0.29) is 23.6 Å². The van der Waals surface area contributed by atoms with Crippen molar-refractivity contribution in [3.8, 4) is 0 Å². The fraction of sp³-hybridized carbons (Fsp3) is 0.412. The number of aryl methyl sites for hydroxylation is 1. The zero-order valence-electron chi connectivity index (χ0n) is 13.8. The number of amides is 1. The van der Waals surface area contributed by atoms with Gasteiger partial charge in [-0.1, -0.05) is 0 Å². The van der Waals surface area contributed by atoms with Gasteiger partial charge < -0.3 is 14.6 Å². The predicted octanol–water partition coefficient (Wildman–Crippen LogP) is 3.34. The number of benzene rings is 1. The molecule has 134 valence electrons. The van der Waals surface area contributed by atoms with E-state index in [2.05, 4.69) is 9.97 Å². The van der Waals surface area contributed by atoms with Crippen LogP contribution in [0.5, 0.6) is 0 Å². The number of carbonyl (C=O) groups excluding carboxylic acids is 1. The molecule has 1 aromatic carbocycles. The number of hydrogen-bond donors (Lipinski definition) is 1. The molecule has 0 aliphatic carbocycles. The average Bonchev–Trinajstić information content (AvgIpc) is 3.22. The minimum absolute atomic E-state index is 0.145. The number of H-pyrrole nitrogens is 1. The molecule has 2 atom stereocenters. The van der Waals surface area contributed by atoms with Crippen LogP contribution >= 0.6 is 0 Å². The molecule has 1 N–H and O–H groups in total. The minimum Gasteiger partial charge on any atom is -0.380 e. The highest BCUT2D eigenvalue weighted by molar-refractivity contribution is 5.96. The van der Waals surface area contributed by atoms with E-state index in [0.717, 1.165) is 12.1 Å². The first-order valence-corrected chi connectivity index (χ1v) is 7.82. The molecule has 0 saturated carbocycles. The van der Waals surface area contributed by atoms with Gasteiger partial charge >= 0.3 is 6.18 Å². The highest BCUT2D eigenvalue weighted by Crippen LogP contribution is 2.34. The summed E-state index contributed by atoms with van der Waals surface area (Å²) in [5, 5.41) is 0. The summed E-state index contributed by atoms with van der Waals surface area (Å²) >= 11 is 0. The number of nitrogens with zero attached hydrogens (tertiary/aromatic N) is 2. The molecule has 1 aliphatic heterocycles. The van der Waals surface area contributed by atoms with Gasteiger partial charge in [-0.05, 0) is 30.7 Å². The van der Waals surface area contributed by atoms with Crippen LogP contribution < -0.4 is 0 Å². The van der Waals surface area contributed by atoms with Gasteiger partial charge in [0.15, 0.2) is 0 Å². The quantitative estimate of drug-likeness (QED) is 0.921. The van der Waals surface area contributed by atoms with Crippen molar-refractivity contribution in [1.82, 2.24) is 14.9 Å². The van der Waals surface area contributed by atoms with E-state index in [9.17, 15) is 18.0 Å². The zero-order valence-corrected chi connectivity index (χ0v) is 13.8. The summed E-state index contributed by atoms with van der Waals surface area (Å²) in [5.41, 5.74) is -0.222. The Morgan fingerprint density at radius 2 is 2.16 bits per heavy atom. The lowest BCUT2D eigenvalue weighted by atomic mass is 10.0. The Kier molecular flexibility index (Phi) is 4.55. The summed E-state index contributed by atoms with van der Waals surface area (Å²) in [5.74, 6) is 0.310. The SMILES string of the molecule is CO[C@@H]1CC(c2ncc[nH]2)N(C(=O)c2ccc(C(F)(F)F)cc2C)C1. The van der Waals surface area contributed by atoms with E-state index >= 15 is 0 Å². The van der Waals surface area contributed by atoms with E-state index < -0.39 is 11.7 Å². The Morgan fingerprint density at radius 1 is 1.40 bits per heavy atom. The number of halogens is 3. The molecule has 1 aliphatic rings. The van der Waals surface area contributed by atoms with Crippen LogP contribution in [-0.2, 0) is 10.9 Å². The van der Waals surface area contributed by atoms with Gasteiger partial charge in [0, 0.05) is 38.0 Å². The van der Waals surface area contributed by atoms with E-state index in [0.29, 0.717) is 24.4 Å². The lowest BCUT2D eigenvalue weighted by molar-refractivity contribution is -0.137. The molecule has 1 unspecified atom stereocenters. The van der Waals surface area contributed by atoms with Crippen molar-refractivity contribution in [2.24, 2.45) is 0 Å². The number of alkyl halides is 3. The van der Waals surface area contributed by atoms with Crippen LogP contribution in [0.1, 0.15) is 39.8 Å². The first kappa shape index (κ1) is 17.5. The Balaban J connectivity index is 1.91. The molecule has 8 heteroatoms. The number of aromatic amines is 1. The smallest absolute Gasteiger partial charge is 0.380 e. The summed E-state index contributed by atoms with van der Waals surface area (Å²) in [6, 6.07) is 2.87. The number of ether oxygens (including phenoxy) is 1. The molecule has 0 bridgehead atoms. The molecule has 3 rings (SSSR count). The molecule has 0 spiro atoms. The van der Waals surface area contributed by atoms with Crippen molar-refractivity contribution < 1.29 is 22.7 Å². The van der Waals surface area contributed by atoms with Crippen molar-refractivity contribution in [3.05, 3.63) is 53.1 Å². The summed E-state index contributed by atoms with van der Waals surface area (Å²) in [6.45, 7) is 1.87. The van der Waals surface area contributed by atoms with Crippen molar-refractivity contribution in [2.45, 2.75) is 31.7 Å². The fourth-order valence-electron chi connectivity index (χ4n) is 3.15. The Labute approximate surface area is 142 Å². The highest BCUT2D eigenvalue weighted by atomic mass is 19.4. The predicted molar refractivity (Wildman–Crippen MR) is 84.0 cm³/mol. The maximum atomic E-state index is 12.9. The highest BCUT2D eigenvalue weighted by Gasteiger charge is 2.39. The number of likely N-dealkylation sites (tertiary alicyclic amines) is 1. The monoisotopic (exact) mass is 353 g/mol. The Hall–Kier alpha value is -2.35. The van der Waals surface area contributed by atoms with Gasteiger partial charge in [-0.3, -0.25) is 4.79 Å². The molecule has 1 saturated heterocycles. The van der Waals surface area contributed by atoms with Crippen LogP contribution in [-0.4, -0.2) is 40.5 Å². The minimum atomic E-state index is -4.43. The van der Waals surface area contributed by atoms with Crippen LogP contribution in [0.25, 0.3) is 0 Å². The third kappa shape index (κ3) is 3.39. The van der Waals surface area contributed by atoms with Crippen LogP contribution in [0.4, 0.5) is 13.2 Å². The Bertz CT molecular complexity index is 759.